The minimum atomic E-state index is -0.463. The molecule has 1 atom stereocenters. The van der Waals surface area contributed by atoms with Crippen LogP contribution in [0.25, 0.3) is 10.4 Å². The molecule has 1 aliphatic heterocycles. The lowest BCUT2D eigenvalue weighted by Crippen LogP contribution is -2.50. The summed E-state index contributed by atoms with van der Waals surface area (Å²) in [6.45, 7) is 1.96. The van der Waals surface area contributed by atoms with Gasteiger partial charge in [-0.15, -0.1) is 0 Å². The highest BCUT2D eigenvalue weighted by molar-refractivity contribution is 7.18. The number of para-hydroxylation sites is 1. The zero-order valence-corrected chi connectivity index (χ0v) is 19.2. The molecule has 3 aromatic carbocycles. The number of rotatable bonds is 4. The number of aromatic nitrogens is 1. The molecule has 1 unspecified atom stereocenters. The van der Waals surface area contributed by atoms with Gasteiger partial charge in [0, 0.05) is 11.3 Å². The molecule has 0 bridgehead atoms. The average molecular weight is 455 g/mol. The van der Waals surface area contributed by atoms with Gasteiger partial charge in [0.25, 0.3) is 5.91 Å². The van der Waals surface area contributed by atoms with Crippen molar-refractivity contribution in [2.24, 2.45) is 0 Å². The Kier molecular flexibility index (Phi) is 5.44. The number of hydrogen-bond acceptors (Lipinski definition) is 4. The molecule has 2 heterocycles. The first-order valence-corrected chi connectivity index (χ1v) is 11.6. The molecule has 5 nitrogen and oxygen atoms in total. The maximum absolute atomic E-state index is 13.6. The Morgan fingerprint density at radius 1 is 0.939 bits per heavy atom. The number of carbonyl (C=O) groups excluding carboxylic acids is 1. The maximum Gasteiger partial charge on any atom is 0.345 e. The average Bonchev–Trinajstić information content (AvgIpc) is 3.20. The van der Waals surface area contributed by atoms with Crippen LogP contribution in [-0.2, 0) is 4.79 Å². The maximum atomic E-state index is 13.6. The Hall–Kier alpha value is -3.90. The number of anilines is 2. The van der Waals surface area contributed by atoms with Crippen molar-refractivity contribution in [2.75, 3.05) is 17.3 Å². The van der Waals surface area contributed by atoms with Gasteiger partial charge in [0.15, 0.2) is 6.04 Å². The summed E-state index contributed by atoms with van der Waals surface area (Å²) in [7, 11) is 1.93. The fraction of sp³-hybridized carbons (Fsp3) is 0.111. The van der Waals surface area contributed by atoms with Crippen molar-refractivity contribution in [3.8, 4) is 16.3 Å². The summed E-state index contributed by atoms with van der Waals surface area (Å²) >= 11 is 1.52. The van der Waals surface area contributed by atoms with Crippen LogP contribution in [0, 0.1) is 0 Å². The van der Waals surface area contributed by atoms with Gasteiger partial charge in [-0.25, -0.2) is 4.90 Å². The van der Waals surface area contributed by atoms with Crippen molar-refractivity contribution in [2.45, 2.75) is 13.0 Å². The number of thiazole rings is 1. The second-order valence-electron chi connectivity index (χ2n) is 7.96. The minimum Gasteiger partial charge on any atom is -0.477 e. The van der Waals surface area contributed by atoms with Crippen molar-refractivity contribution < 1.29 is 14.5 Å². The van der Waals surface area contributed by atoms with Crippen molar-refractivity contribution >= 4 is 28.1 Å². The first-order valence-electron chi connectivity index (χ1n) is 10.7. The largest absolute Gasteiger partial charge is 0.477 e. The van der Waals surface area contributed by atoms with E-state index in [9.17, 15) is 9.90 Å². The van der Waals surface area contributed by atoms with Gasteiger partial charge in [0.05, 0.1) is 7.05 Å². The Morgan fingerprint density at radius 3 is 2.15 bits per heavy atom. The molecule has 0 aliphatic carbocycles. The van der Waals surface area contributed by atoms with E-state index in [-0.39, 0.29) is 11.8 Å². The van der Waals surface area contributed by atoms with E-state index < -0.39 is 6.04 Å². The molecule has 5 rings (SSSR count). The lowest BCUT2D eigenvalue weighted by atomic mass is 9.94. The molecule has 1 aromatic heterocycles. The van der Waals surface area contributed by atoms with E-state index in [0.29, 0.717) is 5.57 Å². The van der Waals surface area contributed by atoms with E-state index in [1.54, 1.807) is 0 Å². The number of fused-ring (bicyclic) bond motifs is 1. The topological polar surface area (TPSA) is 56.5 Å². The second kappa shape index (κ2) is 8.56. The van der Waals surface area contributed by atoms with E-state index in [0.717, 1.165) is 32.5 Å². The lowest BCUT2D eigenvalue weighted by molar-refractivity contribution is -0.695. The van der Waals surface area contributed by atoms with Gasteiger partial charge in [-0.2, -0.15) is 4.57 Å². The van der Waals surface area contributed by atoms with Gasteiger partial charge in [0.1, 0.15) is 16.1 Å². The molecular weight excluding hydrogens is 430 g/mol. The van der Waals surface area contributed by atoms with Crippen molar-refractivity contribution in [1.29, 1.82) is 0 Å². The zero-order valence-electron chi connectivity index (χ0n) is 18.4. The Bertz CT molecular complexity index is 1330. The second-order valence-corrected chi connectivity index (χ2v) is 8.94. The molecule has 0 fully saturated rings. The van der Waals surface area contributed by atoms with E-state index >= 15 is 0 Å². The predicted molar refractivity (Wildman–Crippen MR) is 132 cm³/mol. The smallest absolute Gasteiger partial charge is 0.345 e. The molecule has 2 N–H and O–H groups in total. The quantitative estimate of drug-likeness (QED) is 0.408. The van der Waals surface area contributed by atoms with Crippen LogP contribution in [0.5, 0.6) is 5.88 Å². The van der Waals surface area contributed by atoms with Crippen LogP contribution in [0.4, 0.5) is 10.8 Å². The summed E-state index contributed by atoms with van der Waals surface area (Å²) in [5.41, 5.74) is 4.04. The van der Waals surface area contributed by atoms with Gasteiger partial charge in [-0.3, -0.25) is 4.79 Å². The molecule has 164 valence electrons. The third-order valence-corrected chi connectivity index (χ3v) is 7.25. The van der Waals surface area contributed by atoms with Crippen LogP contribution >= 0.6 is 11.3 Å². The highest BCUT2D eigenvalue weighted by Gasteiger charge is 2.44. The van der Waals surface area contributed by atoms with Gasteiger partial charge >= 0.3 is 11.0 Å². The number of amides is 1. The van der Waals surface area contributed by atoms with Gasteiger partial charge in [-0.1, -0.05) is 78.9 Å². The number of aromatic hydroxyl groups is 1. The minimum absolute atomic E-state index is 0.152. The SMILES string of the molecule is CC1=C(C(=O)Nc2ccccc2)C(c2ccccc2)[n+]2c(sc(-c3ccccc3)c2O)N1C. The van der Waals surface area contributed by atoms with Crippen molar-refractivity contribution in [3.05, 3.63) is 108 Å². The zero-order chi connectivity index (χ0) is 22.9. The molecule has 1 aliphatic rings. The van der Waals surface area contributed by atoms with E-state index in [1.807, 2.05) is 114 Å². The molecule has 0 saturated heterocycles. The van der Waals surface area contributed by atoms with Crippen LogP contribution in [0.2, 0.25) is 0 Å². The molecule has 4 aromatic rings. The Morgan fingerprint density at radius 2 is 1.52 bits per heavy atom. The number of nitrogens with one attached hydrogen (secondary N) is 1. The van der Waals surface area contributed by atoms with Crippen LogP contribution in [-0.4, -0.2) is 18.1 Å². The summed E-state index contributed by atoms with van der Waals surface area (Å²) in [6.07, 6.45) is 0. The number of benzene rings is 3. The highest BCUT2D eigenvalue weighted by atomic mass is 32.1. The van der Waals surface area contributed by atoms with Crippen LogP contribution in [0.15, 0.2) is 102 Å². The Balaban J connectivity index is 1.68. The van der Waals surface area contributed by atoms with Gasteiger partial charge in [0.2, 0.25) is 0 Å². The molecule has 33 heavy (non-hydrogen) atoms. The van der Waals surface area contributed by atoms with Crippen molar-refractivity contribution in [3.63, 3.8) is 0 Å². The summed E-state index contributed by atoms with van der Waals surface area (Å²) in [6, 6.07) is 28.7. The van der Waals surface area contributed by atoms with E-state index in [2.05, 4.69) is 5.32 Å². The fourth-order valence-corrected chi connectivity index (χ4v) is 5.43. The number of hydrogen-bond donors (Lipinski definition) is 2. The molecule has 0 saturated carbocycles. The Labute approximate surface area is 196 Å². The molecule has 0 spiro atoms. The standard InChI is InChI=1S/C27H23N3O2S/c1-18-22(25(31)28-21-16-10-5-11-17-21)23(19-12-6-3-7-13-19)30-26(32)24(33-27(30)29(18)2)20-14-8-4-9-15-20/h3-17,23H,1-2H3,(H-,28,31,32)/p+1. The summed E-state index contributed by atoms with van der Waals surface area (Å²) in [5, 5.41) is 15.4. The molecular formula is C27H24N3O2S+. The third kappa shape index (κ3) is 3.68. The molecule has 6 heteroatoms. The number of nitrogens with zero attached hydrogens (tertiary/aromatic N) is 2. The monoisotopic (exact) mass is 454 g/mol. The van der Waals surface area contributed by atoms with Crippen LogP contribution in [0.3, 0.4) is 0 Å². The van der Waals surface area contributed by atoms with Crippen LogP contribution in [0.1, 0.15) is 18.5 Å². The number of carbonyl (C=O) groups is 1. The lowest BCUT2D eigenvalue weighted by Gasteiger charge is -2.28. The van der Waals surface area contributed by atoms with Gasteiger partial charge < -0.3 is 10.4 Å². The van der Waals surface area contributed by atoms with Crippen molar-refractivity contribution in [1.82, 2.24) is 0 Å². The normalized spacial score (nSPS) is 15.3. The summed E-state index contributed by atoms with van der Waals surface area (Å²) in [4.78, 5) is 16.4. The van der Waals surface area contributed by atoms with E-state index in [1.165, 1.54) is 11.3 Å². The summed E-state index contributed by atoms with van der Waals surface area (Å²) in [5.74, 6) is -0.0381. The third-order valence-electron chi connectivity index (χ3n) is 5.97. The van der Waals surface area contributed by atoms with E-state index in [4.69, 9.17) is 0 Å². The number of allylic oxidation sites excluding steroid dienone is 1. The molecule has 0 radical (unpaired) electrons. The first-order chi connectivity index (χ1) is 16.1. The highest BCUT2D eigenvalue weighted by Crippen LogP contribution is 2.44. The first kappa shape index (κ1) is 21.0. The predicted octanol–water partition coefficient (Wildman–Crippen LogP) is 5.36. The van der Waals surface area contributed by atoms with Gasteiger partial charge in [-0.05, 0) is 36.0 Å². The summed E-state index contributed by atoms with van der Waals surface area (Å²) < 4.78 is 1.87. The molecule has 1 amide bonds. The van der Waals surface area contributed by atoms with Crippen LogP contribution < -0.4 is 14.8 Å². The fourth-order valence-electron chi connectivity index (χ4n) is 4.24.